The molecule has 1 aliphatic heterocycles. The van der Waals surface area contributed by atoms with E-state index in [1.807, 2.05) is 0 Å². The average Bonchev–Trinajstić information content (AvgIpc) is 2.95. The first-order chi connectivity index (χ1) is 12.7. The van der Waals surface area contributed by atoms with Crippen molar-refractivity contribution in [2.45, 2.75) is 19.4 Å². The van der Waals surface area contributed by atoms with E-state index in [4.69, 9.17) is 13.9 Å². The van der Waals surface area contributed by atoms with E-state index in [-0.39, 0.29) is 17.7 Å². The molecule has 0 bridgehead atoms. The largest absolute Gasteiger partial charge is 0.496 e. The van der Waals surface area contributed by atoms with Crippen molar-refractivity contribution in [3.8, 4) is 11.5 Å². The molecule has 2 heterocycles. The zero-order chi connectivity index (χ0) is 19.8. The number of ether oxygens (including phenoxy) is 2. The summed E-state index contributed by atoms with van der Waals surface area (Å²) < 4.78 is 38.8. The Hall–Kier alpha value is -2.81. The molecule has 0 spiro atoms. The van der Waals surface area contributed by atoms with Gasteiger partial charge in [0.15, 0.2) is 9.84 Å². The standard InChI is InChI=1S/C18H19NO7S/c1-10-13(8-16(20)19-11-4-5-27(22,23)9-11)18(21)26-15-7-12(24-2)6-14(25-3)17(10)15/h4-7,11H,8-9H2,1-3H3,(H,19,20)/t11-/m1/s1. The molecule has 0 saturated heterocycles. The van der Waals surface area contributed by atoms with Gasteiger partial charge < -0.3 is 19.2 Å². The lowest BCUT2D eigenvalue weighted by Gasteiger charge is -2.13. The number of benzene rings is 1. The monoisotopic (exact) mass is 393 g/mol. The van der Waals surface area contributed by atoms with Crippen LogP contribution in [0.5, 0.6) is 11.5 Å². The van der Waals surface area contributed by atoms with Crippen LogP contribution in [0.25, 0.3) is 11.0 Å². The lowest BCUT2D eigenvalue weighted by molar-refractivity contribution is -0.120. The number of methoxy groups -OCH3 is 2. The summed E-state index contributed by atoms with van der Waals surface area (Å²) in [5.74, 6) is 0.278. The maximum Gasteiger partial charge on any atom is 0.340 e. The fourth-order valence-corrected chi connectivity index (χ4v) is 4.28. The third-order valence-electron chi connectivity index (χ3n) is 4.39. The summed E-state index contributed by atoms with van der Waals surface area (Å²) in [6, 6.07) is 2.63. The van der Waals surface area contributed by atoms with Gasteiger partial charge in [0, 0.05) is 17.5 Å². The first kappa shape index (κ1) is 19.0. The van der Waals surface area contributed by atoms with Crippen LogP contribution in [-0.2, 0) is 21.1 Å². The van der Waals surface area contributed by atoms with Crippen molar-refractivity contribution >= 4 is 26.7 Å². The predicted octanol–water partition coefficient (Wildman–Crippen LogP) is 1.09. The number of aryl methyl sites for hydroxylation is 1. The number of nitrogens with one attached hydrogen (secondary N) is 1. The summed E-state index contributed by atoms with van der Waals surface area (Å²) >= 11 is 0. The molecule has 0 unspecified atom stereocenters. The van der Waals surface area contributed by atoms with Crippen LogP contribution in [0, 0.1) is 6.92 Å². The molecule has 1 amide bonds. The molecule has 1 atom stereocenters. The number of carbonyl (C=O) groups excluding carboxylic acids is 1. The van der Waals surface area contributed by atoms with Crippen LogP contribution in [0.15, 0.2) is 32.8 Å². The Balaban J connectivity index is 1.94. The molecule has 2 aromatic rings. The second-order valence-corrected chi connectivity index (χ2v) is 8.14. The first-order valence-corrected chi connectivity index (χ1v) is 9.84. The molecule has 144 valence electrons. The number of fused-ring (bicyclic) bond motifs is 1. The lowest BCUT2D eigenvalue weighted by Crippen LogP contribution is -2.37. The maximum atomic E-state index is 12.4. The van der Waals surface area contributed by atoms with E-state index in [9.17, 15) is 18.0 Å². The van der Waals surface area contributed by atoms with Crippen LogP contribution < -0.4 is 20.4 Å². The minimum Gasteiger partial charge on any atom is -0.496 e. The van der Waals surface area contributed by atoms with Crippen LogP contribution in [0.3, 0.4) is 0 Å². The molecule has 0 fully saturated rings. The second kappa shape index (κ2) is 7.07. The molecule has 0 radical (unpaired) electrons. The number of hydrogen-bond donors (Lipinski definition) is 1. The Morgan fingerprint density at radius 2 is 2.04 bits per heavy atom. The number of amides is 1. The van der Waals surface area contributed by atoms with E-state index in [1.165, 1.54) is 20.3 Å². The van der Waals surface area contributed by atoms with E-state index in [0.717, 1.165) is 5.41 Å². The van der Waals surface area contributed by atoms with Gasteiger partial charge in [0.2, 0.25) is 5.91 Å². The van der Waals surface area contributed by atoms with Crippen LogP contribution >= 0.6 is 0 Å². The van der Waals surface area contributed by atoms with Crippen LogP contribution in [0.1, 0.15) is 11.1 Å². The van der Waals surface area contributed by atoms with Gasteiger partial charge in [-0.25, -0.2) is 13.2 Å². The Morgan fingerprint density at radius 1 is 1.30 bits per heavy atom. The third-order valence-corrected chi connectivity index (χ3v) is 5.78. The molecule has 1 aromatic heterocycles. The van der Waals surface area contributed by atoms with Crippen LogP contribution in [0.2, 0.25) is 0 Å². The highest BCUT2D eigenvalue weighted by atomic mass is 32.2. The summed E-state index contributed by atoms with van der Waals surface area (Å²) in [6.45, 7) is 1.71. The summed E-state index contributed by atoms with van der Waals surface area (Å²) in [4.78, 5) is 24.7. The molecular weight excluding hydrogens is 374 g/mol. The fourth-order valence-electron chi connectivity index (χ4n) is 3.05. The Labute approximate surface area is 155 Å². The predicted molar refractivity (Wildman–Crippen MR) is 98.9 cm³/mol. The molecule has 1 aromatic carbocycles. The molecule has 9 heteroatoms. The molecule has 1 N–H and O–H groups in total. The summed E-state index contributed by atoms with van der Waals surface area (Å²) in [7, 11) is -0.306. The van der Waals surface area contributed by atoms with Gasteiger partial charge in [-0.15, -0.1) is 0 Å². The van der Waals surface area contributed by atoms with Gasteiger partial charge in [-0.1, -0.05) is 0 Å². The highest BCUT2D eigenvalue weighted by Gasteiger charge is 2.24. The van der Waals surface area contributed by atoms with Crippen LogP contribution in [0.4, 0.5) is 0 Å². The third kappa shape index (κ3) is 3.82. The van der Waals surface area contributed by atoms with Crippen molar-refractivity contribution < 1.29 is 27.1 Å². The number of sulfone groups is 1. The normalized spacial score (nSPS) is 17.8. The highest BCUT2D eigenvalue weighted by Crippen LogP contribution is 2.33. The van der Waals surface area contributed by atoms with E-state index in [1.54, 1.807) is 19.1 Å². The average molecular weight is 393 g/mol. The second-order valence-electron chi connectivity index (χ2n) is 6.20. The molecule has 3 rings (SSSR count). The van der Waals surface area contributed by atoms with Crippen molar-refractivity contribution in [2.75, 3.05) is 20.0 Å². The zero-order valence-corrected chi connectivity index (χ0v) is 15.9. The van der Waals surface area contributed by atoms with E-state index in [2.05, 4.69) is 5.32 Å². The van der Waals surface area contributed by atoms with Crippen molar-refractivity contribution in [3.05, 3.63) is 45.2 Å². The van der Waals surface area contributed by atoms with Crippen LogP contribution in [-0.4, -0.2) is 40.3 Å². The number of rotatable bonds is 5. The summed E-state index contributed by atoms with van der Waals surface area (Å²) in [5, 5.41) is 4.24. The van der Waals surface area contributed by atoms with E-state index >= 15 is 0 Å². The fraction of sp³-hybridized carbons (Fsp3) is 0.333. The van der Waals surface area contributed by atoms with Gasteiger partial charge >= 0.3 is 5.63 Å². The molecule has 1 aliphatic rings. The van der Waals surface area contributed by atoms with E-state index < -0.39 is 27.4 Å². The topological polar surface area (TPSA) is 112 Å². The molecule has 27 heavy (non-hydrogen) atoms. The summed E-state index contributed by atoms with van der Waals surface area (Å²) in [6.07, 6.45) is 1.18. The Kier molecular flexibility index (Phi) is 4.97. The summed E-state index contributed by atoms with van der Waals surface area (Å²) in [5.41, 5.74) is 0.404. The highest BCUT2D eigenvalue weighted by molar-refractivity contribution is 7.94. The quantitative estimate of drug-likeness (QED) is 0.757. The lowest BCUT2D eigenvalue weighted by atomic mass is 10.0. The van der Waals surface area contributed by atoms with E-state index in [0.29, 0.717) is 28.0 Å². The van der Waals surface area contributed by atoms with Gasteiger partial charge in [0.1, 0.15) is 17.1 Å². The van der Waals surface area contributed by atoms with Gasteiger partial charge in [-0.2, -0.15) is 0 Å². The minimum absolute atomic E-state index is 0.183. The van der Waals surface area contributed by atoms with Gasteiger partial charge in [0.25, 0.3) is 0 Å². The number of hydrogen-bond acceptors (Lipinski definition) is 7. The van der Waals surface area contributed by atoms with Gasteiger partial charge in [-0.05, 0) is 18.6 Å². The van der Waals surface area contributed by atoms with Crippen molar-refractivity contribution in [1.29, 1.82) is 0 Å². The Morgan fingerprint density at radius 3 is 2.63 bits per heavy atom. The SMILES string of the molecule is COc1cc(OC)c2c(C)c(CC(=O)N[C@@H]3C=CS(=O)(=O)C3)c(=O)oc2c1. The molecule has 0 aliphatic carbocycles. The smallest absolute Gasteiger partial charge is 0.340 e. The van der Waals surface area contributed by atoms with Crippen molar-refractivity contribution in [2.24, 2.45) is 0 Å². The first-order valence-electron chi connectivity index (χ1n) is 8.12. The van der Waals surface area contributed by atoms with Crippen molar-refractivity contribution in [3.63, 3.8) is 0 Å². The molecule has 8 nitrogen and oxygen atoms in total. The zero-order valence-electron chi connectivity index (χ0n) is 15.1. The molecule has 0 saturated carbocycles. The van der Waals surface area contributed by atoms with Gasteiger partial charge in [0.05, 0.1) is 43.4 Å². The molecular formula is C18H19NO7S. The maximum absolute atomic E-state index is 12.4. The Bertz CT molecular complexity index is 1100. The minimum atomic E-state index is -3.28. The van der Waals surface area contributed by atoms with Crippen molar-refractivity contribution in [1.82, 2.24) is 5.32 Å². The number of carbonyl (C=O) groups is 1. The van der Waals surface area contributed by atoms with Gasteiger partial charge in [-0.3, -0.25) is 4.79 Å².